The van der Waals surface area contributed by atoms with Gasteiger partial charge in [-0.25, -0.2) is 4.98 Å². The monoisotopic (exact) mass is 239 g/mol. The van der Waals surface area contributed by atoms with Crippen LogP contribution in [0.3, 0.4) is 0 Å². The molecule has 1 aromatic rings. The Morgan fingerprint density at radius 3 is 2.94 bits per heavy atom. The van der Waals surface area contributed by atoms with Gasteiger partial charge in [-0.2, -0.15) is 0 Å². The number of rotatable bonds is 5. The number of nitrogens with zero attached hydrogens (tertiary/aromatic N) is 1. The van der Waals surface area contributed by atoms with Gasteiger partial charge in [-0.15, -0.1) is 0 Å². The predicted octanol–water partition coefficient (Wildman–Crippen LogP) is 1.17. The van der Waals surface area contributed by atoms with E-state index in [-0.39, 0.29) is 5.60 Å². The van der Waals surface area contributed by atoms with Gasteiger partial charge in [0.1, 0.15) is 11.4 Å². The molecular weight excluding hydrogens is 218 g/mol. The number of hydrogen-bond donors (Lipinski definition) is 2. The van der Waals surface area contributed by atoms with Crippen molar-refractivity contribution < 1.29 is 9.47 Å². The van der Waals surface area contributed by atoms with Gasteiger partial charge in [0, 0.05) is 51.6 Å². The number of H-pyrrole nitrogens is 1. The number of aromatic amines is 1. The van der Waals surface area contributed by atoms with E-state index in [2.05, 4.69) is 22.2 Å². The van der Waals surface area contributed by atoms with Crippen LogP contribution in [0.25, 0.3) is 0 Å². The van der Waals surface area contributed by atoms with Gasteiger partial charge in [0.15, 0.2) is 0 Å². The fraction of sp³-hybridized carbons (Fsp3) is 0.750. The van der Waals surface area contributed by atoms with Crippen LogP contribution in [0.15, 0.2) is 6.20 Å². The normalized spacial score (nSPS) is 19.4. The van der Waals surface area contributed by atoms with Crippen LogP contribution in [-0.4, -0.2) is 36.8 Å². The lowest BCUT2D eigenvalue weighted by Crippen LogP contribution is -2.36. The lowest BCUT2D eigenvalue weighted by atomic mass is 9.93. The lowest BCUT2D eigenvalue weighted by molar-refractivity contribution is -0.0996. The summed E-state index contributed by atoms with van der Waals surface area (Å²) in [5.41, 5.74) is 0.813. The maximum Gasteiger partial charge on any atom is 0.138 e. The highest BCUT2D eigenvalue weighted by atomic mass is 16.5. The molecule has 0 radical (unpaired) electrons. The third-order valence-corrected chi connectivity index (χ3v) is 3.32. The molecule has 96 valence electrons. The molecule has 1 aliphatic rings. The third kappa shape index (κ3) is 2.68. The van der Waals surface area contributed by atoms with Gasteiger partial charge in [-0.3, -0.25) is 0 Å². The quantitative estimate of drug-likeness (QED) is 0.810. The molecule has 1 aliphatic heterocycles. The van der Waals surface area contributed by atoms with Crippen molar-refractivity contribution in [3.63, 3.8) is 0 Å². The highest BCUT2D eigenvalue weighted by molar-refractivity contribution is 5.10. The SMILES string of the molecule is CCNCc1cnc(C2(OC)CCOCC2)[nH]1. The van der Waals surface area contributed by atoms with Crippen LogP contribution >= 0.6 is 0 Å². The molecule has 0 amide bonds. The Kier molecular flexibility index (Phi) is 4.15. The molecule has 5 heteroatoms. The molecule has 0 aromatic carbocycles. The Bertz CT molecular complexity index is 345. The van der Waals surface area contributed by atoms with Gasteiger partial charge in [0.25, 0.3) is 0 Å². The summed E-state index contributed by atoms with van der Waals surface area (Å²) < 4.78 is 11.1. The zero-order chi connectivity index (χ0) is 12.1. The van der Waals surface area contributed by atoms with Crippen molar-refractivity contribution in [2.24, 2.45) is 0 Å². The molecule has 2 N–H and O–H groups in total. The van der Waals surface area contributed by atoms with Crippen molar-refractivity contribution in [3.8, 4) is 0 Å². The summed E-state index contributed by atoms with van der Waals surface area (Å²) in [5.74, 6) is 0.927. The molecule has 0 bridgehead atoms. The van der Waals surface area contributed by atoms with Gasteiger partial charge in [0.2, 0.25) is 0 Å². The molecule has 2 rings (SSSR count). The zero-order valence-corrected chi connectivity index (χ0v) is 10.6. The third-order valence-electron chi connectivity index (χ3n) is 3.32. The average Bonchev–Trinajstić information content (AvgIpc) is 2.86. The Morgan fingerprint density at radius 1 is 1.53 bits per heavy atom. The second kappa shape index (κ2) is 5.62. The van der Waals surface area contributed by atoms with Crippen molar-refractivity contribution in [1.82, 2.24) is 15.3 Å². The maximum atomic E-state index is 5.69. The van der Waals surface area contributed by atoms with E-state index in [9.17, 15) is 0 Å². The van der Waals surface area contributed by atoms with Crippen molar-refractivity contribution in [1.29, 1.82) is 0 Å². The smallest absolute Gasteiger partial charge is 0.138 e. The standard InChI is InChI=1S/C12H21N3O2/c1-3-13-8-10-9-14-11(15-10)12(16-2)4-6-17-7-5-12/h9,13H,3-8H2,1-2H3,(H,14,15). The molecule has 0 saturated carbocycles. The van der Waals surface area contributed by atoms with Crippen molar-refractivity contribution in [3.05, 3.63) is 17.7 Å². The second-order valence-electron chi connectivity index (χ2n) is 4.35. The molecular formula is C12H21N3O2. The first-order chi connectivity index (χ1) is 8.30. The summed E-state index contributed by atoms with van der Waals surface area (Å²) in [7, 11) is 1.75. The molecule has 0 spiro atoms. The first-order valence-electron chi connectivity index (χ1n) is 6.19. The largest absolute Gasteiger partial charge is 0.381 e. The fourth-order valence-corrected chi connectivity index (χ4v) is 2.18. The summed E-state index contributed by atoms with van der Waals surface area (Å²) in [5, 5.41) is 3.27. The van der Waals surface area contributed by atoms with Gasteiger partial charge in [-0.05, 0) is 6.54 Å². The average molecular weight is 239 g/mol. The number of hydrogen-bond acceptors (Lipinski definition) is 4. The molecule has 0 unspecified atom stereocenters. The summed E-state index contributed by atoms with van der Waals surface area (Å²) >= 11 is 0. The molecule has 1 fully saturated rings. The minimum atomic E-state index is -0.289. The molecule has 0 aliphatic carbocycles. The summed E-state index contributed by atoms with van der Waals surface area (Å²) in [6.45, 7) is 5.33. The Balaban J connectivity index is 2.10. The van der Waals surface area contributed by atoms with Crippen molar-refractivity contribution in [2.45, 2.75) is 31.9 Å². The first-order valence-corrected chi connectivity index (χ1v) is 6.19. The van der Waals surface area contributed by atoms with Gasteiger partial charge in [0.05, 0.1) is 0 Å². The number of methoxy groups -OCH3 is 1. The van der Waals surface area contributed by atoms with Crippen LogP contribution in [-0.2, 0) is 21.6 Å². The van der Waals surface area contributed by atoms with Crippen LogP contribution in [0.1, 0.15) is 31.3 Å². The highest BCUT2D eigenvalue weighted by Crippen LogP contribution is 2.33. The Morgan fingerprint density at radius 2 is 2.29 bits per heavy atom. The van der Waals surface area contributed by atoms with Gasteiger partial charge < -0.3 is 19.8 Å². The van der Waals surface area contributed by atoms with E-state index in [0.717, 1.165) is 50.7 Å². The molecule has 2 heterocycles. The van der Waals surface area contributed by atoms with Crippen LogP contribution in [0.4, 0.5) is 0 Å². The zero-order valence-electron chi connectivity index (χ0n) is 10.6. The van der Waals surface area contributed by atoms with Crippen molar-refractivity contribution >= 4 is 0 Å². The van der Waals surface area contributed by atoms with Crippen LogP contribution in [0.5, 0.6) is 0 Å². The van der Waals surface area contributed by atoms with Gasteiger partial charge >= 0.3 is 0 Å². The number of imidazole rings is 1. The Labute approximate surface area is 102 Å². The minimum absolute atomic E-state index is 0.289. The van der Waals surface area contributed by atoms with E-state index >= 15 is 0 Å². The second-order valence-corrected chi connectivity index (χ2v) is 4.35. The molecule has 17 heavy (non-hydrogen) atoms. The van der Waals surface area contributed by atoms with E-state index in [1.54, 1.807) is 7.11 Å². The van der Waals surface area contributed by atoms with E-state index in [4.69, 9.17) is 9.47 Å². The van der Waals surface area contributed by atoms with E-state index in [1.165, 1.54) is 0 Å². The maximum absolute atomic E-state index is 5.69. The Hall–Kier alpha value is -0.910. The highest BCUT2D eigenvalue weighted by Gasteiger charge is 2.37. The van der Waals surface area contributed by atoms with Crippen LogP contribution in [0.2, 0.25) is 0 Å². The van der Waals surface area contributed by atoms with E-state index < -0.39 is 0 Å². The summed E-state index contributed by atoms with van der Waals surface area (Å²) in [4.78, 5) is 7.81. The topological polar surface area (TPSA) is 59.2 Å². The van der Waals surface area contributed by atoms with E-state index in [0.29, 0.717) is 0 Å². The lowest BCUT2D eigenvalue weighted by Gasteiger charge is -2.33. The van der Waals surface area contributed by atoms with Gasteiger partial charge in [-0.1, -0.05) is 6.92 Å². The van der Waals surface area contributed by atoms with E-state index in [1.807, 2.05) is 6.20 Å². The van der Waals surface area contributed by atoms with Crippen molar-refractivity contribution in [2.75, 3.05) is 26.9 Å². The number of nitrogens with one attached hydrogen (secondary N) is 2. The molecule has 1 aromatic heterocycles. The first kappa shape index (κ1) is 12.5. The number of aromatic nitrogens is 2. The molecule has 1 saturated heterocycles. The fourth-order valence-electron chi connectivity index (χ4n) is 2.18. The minimum Gasteiger partial charge on any atom is -0.381 e. The predicted molar refractivity (Wildman–Crippen MR) is 64.7 cm³/mol. The summed E-state index contributed by atoms with van der Waals surface area (Å²) in [6.07, 6.45) is 3.60. The number of ether oxygens (including phenoxy) is 2. The molecule has 0 atom stereocenters. The molecule has 5 nitrogen and oxygen atoms in total. The van der Waals surface area contributed by atoms with Crippen LogP contribution in [0, 0.1) is 0 Å². The van der Waals surface area contributed by atoms with Crippen LogP contribution < -0.4 is 5.32 Å². The summed E-state index contributed by atoms with van der Waals surface area (Å²) in [6, 6.07) is 0.